The summed E-state index contributed by atoms with van der Waals surface area (Å²) in [5.41, 5.74) is 0.521. The van der Waals surface area contributed by atoms with Crippen molar-refractivity contribution in [3.05, 3.63) is 47.4 Å². The largest absolute Gasteiger partial charge is 0.491 e. The van der Waals surface area contributed by atoms with Crippen LogP contribution in [0.2, 0.25) is 0 Å². The maximum Gasteiger partial charge on any atom is 0.292 e. The Morgan fingerprint density at radius 1 is 1.17 bits per heavy atom. The molecule has 0 aromatic heterocycles. The fourth-order valence-corrected chi connectivity index (χ4v) is 3.18. The van der Waals surface area contributed by atoms with E-state index in [1.165, 1.54) is 0 Å². The highest BCUT2D eigenvalue weighted by atomic mass is 16.6. The monoisotopic (exact) mass is 312 g/mol. The van der Waals surface area contributed by atoms with Crippen molar-refractivity contribution >= 4 is 5.91 Å². The normalized spacial score (nSPS) is 20.3. The quantitative estimate of drug-likeness (QED) is 0.841. The van der Waals surface area contributed by atoms with E-state index in [-0.39, 0.29) is 5.91 Å². The summed E-state index contributed by atoms with van der Waals surface area (Å²) in [5, 5.41) is 9.70. The second-order valence-corrected chi connectivity index (χ2v) is 5.93. The van der Waals surface area contributed by atoms with Gasteiger partial charge in [0.1, 0.15) is 19.0 Å². The topological polar surface area (TPSA) is 62.6 Å². The third kappa shape index (κ3) is 2.89. The molecular formula is C18H20N2O3. The summed E-state index contributed by atoms with van der Waals surface area (Å²) in [5.74, 6) is 0.712. The van der Waals surface area contributed by atoms with E-state index in [0.29, 0.717) is 50.7 Å². The Morgan fingerprint density at radius 2 is 1.83 bits per heavy atom. The molecule has 0 bridgehead atoms. The van der Waals surface area contributed by atoms with Crippen molar-refractivity contribution in [2.45, 2.75) is 25.2 Å². The number of carbonyl (C=O) groups excluding carboxylic acids is 1. The van der Waals surface area contributed by atoms with Crippen LogP contribution < -0.4 is 0 Å². The van der Waals surface area contributed by atoms with Gasteiger partial charge in [-0.2, -0.15) is 5.26 Å². The van der Waals surface area contributed by atoms with E-state index in [4.69, 9.17) is 9.47 Å². The lowest BCUT2D eigenvalue weighted by molar-refractivity contribution is -0.134. The fourth-order valence-electron chi connectivity index (χ4n) is 3.18. The van der Waals surface area contributed by atoms with Crippen molar-refractivity contribution in [3.63, 3.8) is 0 Å². The molecule has 1 fully saturated rings. The highest BCUT2D eigenvalue weighted by molar-refractivity contribution is 5.92. The Hall–Kier alpha value is -2.48. The van der Waals surface area contributed by atoms with Crippen LogP contribution >= 0.6 is 0 Å². The van der Waals surface area contributed by atoms with Crippen molar-refractivity contribution in [3.8, 4) is 6.07 Å². The number of hydrogen-bond acceptors (Lipinski definition) is 4. The lowest BCUT2D eigenvalue weighted by Gasteiger charge is -2.38. The van der Waals surface area contributed by atoms with Gasteiger partial charge < -0.3 is 14.4 Å². The van der Waals surface area contributed by atoms with Crippen LogP contribution in [-0.4, -0.2) is 37.1 Å². The molecular weight excluding hydrogens is 292 g/mol. The van der Waals surface area contributed by atoms with Gasteiger partial charge in [-0.25, -0.2) is 0 Å². The molecule has 2 aliphatic rings. The summed E-state index contributed by atoms with van der Waals surface area (Å²) < 4.78 is 10.9. The van der Waals surface area contributed by atoms with Crippen molar-refractivity contribution in [2.24, 2.45) is 0 Å². The SMILES string of the molecule is CC1=C(C(=O)N2CCC(C#N)(c3ccccc3)CC2)OCCO1. The standard InChI is InChI=1S/C18H20N2O3/c1-14-16(23-12-11-22-14)17(21)20-9-7-18(13-19,8-10-20)15-5-3-2-4-6-15/h2-6H,7-12H2,1H3. The van der Waals surface area contributed by atoms with Gasteiger partial charge >= 0.3 is 0 Å². The minimum atomic E-state index is -0.509. The van der Waals surface area contributed by atoms with Crippen molar-refractivity contribution in [1.82, 2.24) is 4.90 Å². The molecule has 0 spiro atoms. The molecule has 23 heavy (non-hydrogen) atoms. The summed E-state index contributed by atoms with van der Waals surface area (Å²) in [6.07, 6.45) is 1.26. The molecule has 120 valence electrons. The minimum Gasteiger partial charge on any atom is -0.491 e. The zero-order valence-electron chi connectivity index (χ0n) is 13.2. The second-order valence-electron chi connectivity index (χ2n) is 5.93. The zero-order valence-corrected chi connectivity index (χ0v) is 13.2. The predicted molar refractivity (Wildman–Crippen MR) is 84.2 cm³/mol. The molecule has 0 saturated carbocycles. The number of rotatable bonds is 2. The first-order valence-corrected chi connectivity index (χ1v) is 7.89. The molecule has 2 aliphatic heterocycles. The van der Waals surface area contributed by atoms with Gasteiger partial charge in [-0.3, -0.25) is 4.79 Å². The third-order valence-corrected chi connectivity index (χ3v) is 4.61. The molecule has 0 atom stereocenters. The van der Waals surface area contributed by atoms with Crippen LogP contribution in [0, 0.1) is 11.3 Å². The molecule has 1 aromatic rings. The molecule has 0 N–H and O–H groups in total. The van der Waals surface area contributed by atoms with E-state index in [1.54, 1.807) is 11.8 Å². The van der Waals surface area contributed by atoms with Crippen LogP contribution in [0.1, 0.15) is 25.3 Å². The molecule has 0 radical (unpaired) electrons. The van der Waals surface area contributed by atoms with Crippen LogP contribution in [-0.2, 0) is 19.7 Å². The van der Waals surface area contributed by atoms with Gasteiger partial charge in [-0.1, -0.05) is 30.3 Å². The Bertz CT molecular complexity index is 653. The summed E-state index contributed by atoms with van der Waals surface area (Å²) in [7, 11) is 0. The van der Waals surface area contributed by atoms with Crippen molar-refractivity contribution in [2.75, 3.05) is 26.3 Å². The molecule has 0 unspecified atom stereocenters. The van der Waals surface area contributed by atoms with Crippen LogP contribution in [0.4, 0.5) is 0 Å². The van der Waals surface area contributed by atoms with Gasteiger partial charge in [0.05, 0.1) is 11.5 Å². The maximum atomic E-state index is 12.6. The highest BCUT2D eigenvalue weighted by Gasteiger charge is 2.39. The average molecular weight is 312 g/mol. The van der Waals surface area contributed by atoms with E-state index in [1.807, 2.05) is 30.3 Å². The maximum absolute atomic E-state index is 12.6. The molecule has 1 amide bonds. The van der Waals surface area contributed by atoms with Crippen molar-refractivity contribution in [1.29, 1.82) is 5.26 Å². The first-order valence-electron chi connectivity index (χ1n) is 7.89. The Labute approximate surface area is 136 Å². The molecule has 1 aromatic carbocycles. The number of allylic oxidation sites excluding steroid dienone is 1. The first-order chi connectivity index (χ1) is 11.2. The molecule has 1 saturated heterocycles. The highest BCUT2D eigenvalue weighted by Crippen LogP contribution is 2.35. The Morgan fingerprint density at radius 3 is 2.43 bits per heavy atom. The second kappa shape index (κ2) is 6.33. The first kappa shape index (κ1) is 15.4. The summed E-state index contributed by atoms with van der Waals surface area (Å²) >= 11 is 0. The number of benzene rings is 1. The van der Waals surface area contributed by atoms with Crippen LogP contribution in [0.3, 0.4) is 0 Å². The average Bonchev–Trinajstić information content (AvgIpc) is 2.62. The van der Waals surface area contributed by atoms with Crippen molar-refractivity contribution < 1.29 is 14.3 Å². The van der Waals surface area contributed by atoms with E-state index >= 15 is 0 Å². The fraction of sp³-hybridized carbons (Fsp3) is 0.444. The lowest BCUT2D eigenvalue weighted by Crippen LogP contribution is -2.45. The summed E-state index contributed by atoms with van der Waals surface area (Å²) in [4.78, 5) is 14.3. The summed E-state index contributed by atoms with van der Waals surface area (Å²) in [6, 6.07) is 12.3. The minimum absolute atomic E-state index is 0.137. The van der Waals surface area contributed by atoms with E-state index < -0.39 is 5.41 Å². The molecule has 2 heterocycles. The number of carbonyl (C=O) groups is 1. The zero-order chi connectivity index (χ0) is 16.3. The van der Waals surface area contributed by atoms with Gasteiger partial charge in [0, 0.05) is 13.1 Å². The van der Waals surface area contributed by atoms with Crippen LogP contribution in [0.15, 0.2) is 41.9 Å². The number of piperidine rings is 1. The molecule has 5 heteroatoms. The summed E-state index contributed by atoms with van der Waals surface area (Å²) in [6.45, 7) is 3.72. The lowest BCUT2D eigenvalue weighted by atomic mass is 9.74. The van der Waals surface area contributed by atoms with Gasteiger partial charge in [-0.15, -0.1) is 0 Å². The number of nitriles is 1. The van der Waals surface area contributed by atoms with E-state index in [0.717, 1.165) is 5.56 Å². The van der Waals surface area contributed by atoms with Gasteiger partial charge in [-0.05, 0) is 25.3 Å². The van der Waals surface area contributed by atoms with Gasteiger partial charge in [0.15, 0.2) is 0 Å². The molecule has 5 nitrogen and oxygen atoms in total. The van der Waals surface area contributed by atoms with Crippen LogP contribution in [0.5, 0.6) is 0 Å². The third-order valence-electron chi connectivity index (χ3n) is 4.61. The van der Waals surface area contributed by atoms with Gasteiger partial charge in [0.2, 0.25) is 5.76 Å². The Kier molecular flexibility index (Phi) is 4.24. The number of nitrogens with zero attached hydrogens (tertiary/aromatic N) is 2. The predicted octanol–water partition coefficient (Wildman–Crippen LogP) is 2.35. The van der Waals surface area contributed by atoms with Gasteiger partial charge in [0.25, 0.3) is 5.91 Å². The van der Waals surface area contributed by atoms with E-state index in [9.17, 15) is 10.1 Å². The number of likely N-dealkylation sites (tertiary alicyclic amines) is 1. The number of amides is 1. The molecule has 3 rings (SSSR count). The smallest absolute Gasteiger partial charge is 0.292 e. The number of ether oxygens (including phenoxy) is 2. The van der Waals surface area contributed by atoms with E-state index in [2.05, 4.69) is 6.07 Å². The Balaban J connectivity index is 1.73. The van der Waals surface area contributed by atoms with Crippen LogP contribution in [0.25, 0.3) is 0 Å². The number of hydrogen-bond donors (Lipinski definition) is 0. The molecule has 0 aliphatic carbocycles.